The largest absolute Gasteiger partial charge is 0.0961 e. The number of rotatable bonds is 5. The second-order valence-electron chi connectivity index (χ2n) is 3.27. The fraction of sp³-hybridized carbons (Fsp3) is 0.500. The van der Waals surface area contributed by atoms with E-state index in [0.717, 1.165) is 5.57 Å². The Balaban J connectivity index is 4.10. The van der Waals surface area contributed by atoms with Gasteiger partial charge in [-0.2, -0.15) is 0 Å². The van der Waals surface area contributed by atoms with Gasteiger partial charge in [0.05, 0.1) is 0 Å². The summed E-state index contributed by atoms with van der Waals surface area (Å²) in [6, 6.07) is 0. The summed E-state index contributed by atoms with van der Waals surface area (Å²) in [4.78, 5) is 0. The van der Waals surface area contributed by atoms with Crippen molar-refractivity contribution in [2.45, 2.75) is 33.6 Å². The van der Waals surface area contributed by atoms with E-state index in [1.54, 1.807) is 0 Å². The molecule has 0 aromatic carbocycles. The zero-order valence-electron chi connectivity index (χ0n) is 8.56. The first-order valence-corrected chi connectivity index (χ1v) is 4.64. The van der Waals surface area contributed by atoms with Gasteiger partial charge < -0.3 is 0 Å². The zero-order chi connectivity index (χ0) is 9.56. The monoisotopic (exact) mass is 164 g/mol. The molecule has 0 unspecified atom stereocenters. The van der Waals surface area contributed by atoms with E-state index in [1.165, 1.54) is 18.4 Å². The number of allylic oxidation sites excluding steroid dienone is 4. The Morgan fingerprint density at radius 3 is 2.00 bits per heavy atom. The highest BCUT2D eigenvalue weighted by atomic mass is 14.1. The first-order valence-electron chi connectivity index (χ1n) is 4.64. The molecular weight excluding hydrogens is 144 g/mol. The summed E-state index contributed by atoms with van der Waals surface area (Å²) in [6.07, 6.45) is 6.46. The highest BCUT2D eigenvalue weighted by molar-refractivity contribution is 5.24. The van der Waals surface area contributed by atoms with E-state index in [1.807, 2.05) is 13.0 Å². The molecule has 0 radical (unpaired) electrons. The molecule has 0 heteroatoms. The van der Waals surface area contributed by atoms with Crippen LogP contribution >= 0.6 is 0 Å². The molecule has 12 heavy (non-hydrogen) atoms. The van der Waals surface area contributed by atoms with E-state index in [0.29, 0.717) is 5.92 Å². The van der Waals surface area contributed by atoms with Crippen LogP contribution in [0.3, 0.4) is 0 Å². The van der Waals surface area contributed by atoms with Crippen LogP contribution in [0.15, 0.2) is 36.5 Å². The highest BCUT2D eigenvalue weighted by Crippen LogP contribution is 2.18. The van der Waals surface area contributed by atoms with Gasteiger partial charge >= 0.3 is 0 Å². The second kappa shape index (κ2) is 5.82. The SMILES string of the molecule is C=C(C)/C=C\C(=C)C(CC)CC. The van der Waals surface area contributed by atoms with Crippen molar-refractivity contribution in [2.24, 2.45) is 5.92 Å². The van der Waals surface area contributed by atoms with Gasteiger partial charge in [0.2, 0.25) is 0 Å². The molecule has 68 valence electrons. The Morgan fingerprint density at radius 2 is 1.67 bits per heavy atom. The molecule has 0 saturated carbocycles. The molecule has 0 saturated heterocycles. The fourth-order valence-corrected chi connectivity index (χ4v) is 1.20. The lowest BCUT2D eigenvalue weighted by Gasteiger charge is -2.11. The maximum absolute atomic E-state index is 4.04. The van der Waals surface area contributed by atoms with Crippen LogP contribution in [-0.2, 0) is 0 Å². The Kier molecular flexibility index (Phi) is 5.44. The molecule has 0 fully saturated rings. The molecule has 0 aromatic heterocycles. The normalized spacial score (nSPS) is 11.0. The maximum Gasteiger partial charge on any atom is -0.0173 e. The van der Waals surface area contributed by atoms with Crippen molar-refractivity contribution in [3.63, 3.8) is 0 Å². The first-order chi connectivity index (χ1) is 5.61. The van der Waals surface area contributed by atoms with E-state index < -0.39 is 0 Å². The Labute approximate surface area is 76.7 Å². The van der Waals surface area contributed by atoms with Crippen LogP contribution in [0.5, 0.6) is 0 Å². The van der Waals surface area contributed by atoms with Crippen molar-refractivity contribution in [3.8, 4) is 0 Å². The highest BCUT2D eigenvalue weighted by Gasteiger charge is 2.03. The minimum atomic E-state index is 0.639. The van der Waals surface area contributed by atoms with E-state index in [2.05, 4.69) is 33.1 Å². The molecule has 0 nitrogen and oxygen atoms in total. The average Bonchev–Trinajstić information content (AvgIpc) is 2.03. The molecule has 0 atom stereocenters. The maximum atomic E-state index is 4.04. The zero-order valence-corrected chi connectivity index (χ0v) is 8.56. The van der Waals surface area contributed by atoms with Crippen molar-refractivity contribution >= 4 is 0 Å². The lowest BCUT2D eigenvalue weighted by atomic mass is 9.94. The van der Waals surface area contributed by atoms with Gasteiger partial charge in [0.15, 0.2) is 0 Å². The predicted octanol–water partition coefficient (Wildman–Crippen LogP) is 4.11. The standard InChI is InChI=1S/C12H20/c1-6-12(7-2)11(5)9-8-10(3)4/h8-9,12H,3,5-7H2,1-2,4H3/b9-8-. The Morgan fingerprint density at radius 1 is 1.17 bits per heavy atom. The molecule has 0 rings (SSSR count). The van der Waals surface area contributed by atoms with Crippen LogP contribution in [0.25, 0.3) is 0 Å². The van der Waals surface area contributed by atoms with E-state index in [9.17, 15) is 0 Å². The first kappa shape index (κ1) is 11.2. The molecule has 0 spiro atoms. The molecule has 0 N–H and O–H groups in total. The third kappa shape index (κ3) is 4.17. The summed E-state index contributed by atoms with van der Waals surface area (Å²) in [5.41, 5.74) is 2.31. The van der Waals surface area contributed by atoms with Crippen LogP contribution in [0, 0.1) is 5.92 Å². The molecule has 0 aromatic rings. The van der Waals surface area contributed by atoms with Crippen molar-refractivity contribution in [2.75, 3.05) is 0 Å². The lowest BCUT2D eigenvalue weighted by Crippen LogP contribution is -1.97. The summed E-state index contributed by atoms with van der Waals surface area (Å²) < 4.78 is 0. The van der Waals surface area contributed by atoms with Crippen LogP contribution in [-0.4, -0.2) is 0 Å². The van der Waals surface area contributed by atoms with Crippen LogP contribution < -0.4 is 0 Å². The topological polar surface area (TPSA) is 0 Å². The summed E-state index contributed by atoms with van der Waals surface area (Å²) in [5.74, 6) is 0.639. The molecule has 0 aliphatic heterocycles. The third-order valence-electron chi connectivity index (χ3n) is 2.09. The van der Waals surface area contributed by atoms with Crippen molar-refractivity contribution in [3.05, 3.63) is 36.5 Å². The second-order valence-corrected chi connectivity index (χ2v) is 3.27. The quantitative estimate of drug-likeness (QED) is 0.536. The minimum Gasteiger partial charge on any atom is -0.0961 e. The van der Waals surface area contributed by atoms with Crippen LogP contribution in [0.4, 0.5) is 0 Å². The Hall–Kier alpha value is -0.780. The van der Waals surface area contributed by atoms with E-state index in [-0.39, 0.29) is 0 Å². The predicted molar refractivity (Wildman–Crippen MR) is 57.2 cm³/mol. The average molecular weight is 164 g/mol. The van der Waals surface area contributed by atoms with Crippen molar-refractivity contribution in [1.29, 1.82) is 0 Å². The molecule has 0 heterocycles. The summed E-state index contributed by atoms with van der Waals surface area (Å²) in [5, 5.41) is 0. The molecular formula is C12H20. The summed E-state index contributed by atoms with van der Waals surface area (Å²) >= 11 is 0. The van der Waals surface area contributed by atoms with Crippen molar-refractivity contribution < 1.29 is 0 Å². The van der Waals surface area contributed by atoms with Crippen LogP contribution in [0.1, 0.15) is 33.6 Å². The van der Waals surface area contributed by atoms with Crippen LogP contribution in [0.2, 0.25) is 0 Å². The third-order valence-corrected chi connectivity index (χ3v) is 2.09. The van der Waals surface area contributed by atoms with Gasteiger partial charge in [-0.15, -0.1) is 0 Å². The molecule has 0 amide bonds. The van der Waals surface area contributed by atoms with Gasteiger partial charge in [0.25, 0.3) is 0 Å². The smallest absolute Gasteiger partial charge is 0.0173 e. The number of hydrogen-bond donors (Lipinski definition) is 0. The van der Waals surface area contributed by atoms with Crippen molar-refractivity contribution in [1.82, 2.24) is 0 Å². The minimum absolute atomic E-state index is 0.639. The fourth-order valence-electron chi connectivity index (χ4n) is 1.20. The van der Waals surface area contributed by atoms with Gasteiger partial charge in [-0.05, 0) is 25.7 Å². The lowest BCUT2D eigenvalue weighted by molar-refractivity contribution is 0.585. The summed E-state index contributed by atoms with van der Waals surface area (Å²) in [7, 11) is 0. The summed E-state index contributed by atoms with van der Waals surface area (Å²) in [6.45, 7) is 14.3. The van der Waals surface area contributed by atoms with Gasteiger partial charge in [0.1, 0.15) is 0 Å². The number of hydrogen-bond acceptors (Lipinski definition) is 0. The van der Waals surface area contributed by atoms with Gasteiger partial charge in [-0.1, -0.05) is 50.3 Å². The molecule has 0 aliphatic rings. The van der Waals surface area contributed by atoms with E-state index in [4.69, 9.17) is 0 Å². The molecule has 0 aliphatic carbocycles. The Bertz CT molecular complexity index is 180. The van der Waals surface area contributed by atoms with Gasteiger partial charge in [0, 0.05) is 0 Å². The van der Waals surface area contributed by atoms with Gasteiger partial charge in [-0.3, -0.25) is 0 Å². The van der Waals surface area contributed by atoms with Gasteiger partial charge in [-0.25, -0.2) is 0 Å². The van der Waals surface area contributed by atoms with E-state index >= 15 is 0 Å². The molecule has 0 bridgehead atoms.